The van der Waals surface area contributed by atoms with E-state index in [0.29, 0.717) is 6.54 Å². The number of benzene rings is 2. The molecule has 0 amide bonds. The van der Waals surface area contributed by atoms with Gasteiger partial charge >= 0.3 is 0 Å². The summed E-state index contributed by atoms with van der Waals surface area (Å²) in [4.78, 5) is 4.68. The lowest BCUT2D eigenvalue weighted by Gasteiger charge is -2.04. The lowest BCUT2D eigenvalue weighted by Crippen LogP contribution is -2.02. The van der Waals surface area contributed by atoms with Crippen molar-refractivity contribution >= 4 is 21.8 Å². The van der Waals surface area contributed by atoms with E-state index in [4.69, 9.17) is 5.73 Å². The quantitative estimate of drug-likeness (QED) is 0.677. The van der Waals surface area contributed by atoms with Gasteiger partial charge in [-0.05, 0) is 36.7 Å². The monoisotopic (exact) mass is 222 g/mol. The van der Waals surface area contributed by atoms with Crippen molar-refractivity contribution in [3.8, 4) is 0 Å². The first kappa shape index (κ1) is 10.2. The number of rotatable bonds is 2. The topological polar surface area (TPSA) is 38.9 Å². The molecule has 1 heterocycles. The third kappa shape index (κ3) is 1.87. The zero-order chi connectivity index (χ0) is 11.7. The molecule has 0 bridgehead atoms. The molecular formula is C15H14N2. The highest BCUT2D eigenvalue weighted by molar-refractivity contribution is 5.92. The predicted octanol–water partition coefficient (Wildman–Crippen LogP) is 2.89. The van der Waals surface area contributed by atoms with Crippen LogP contribution in [0.15, 0.2) is 48.5 Å². The number of hydrogen-bond donors (Lipinski definition) is 1. The number of pyridine rings is 1. The van der Waals surface area contributed by atoms with E-state index in [0.717, 1.165) is 17.5 Å². The maximum Gasteiger partial charge on any atom is 0.0712 e. The van der Waals surface area contributed by atoms with Crippen LogP contribution in [0, 0.1) is 0 Å². The zero-order valence-electron chi connectivity index (χ0n) is 9.56. The average Bonchev–Trinajstić information content (AvgIpc) is 2.36. The van der Waals surface area contributed by atoms with Crippen molar-refractivity contribution in [3.05, 3.63) is 54.1 Å². The van der Waals surface area contributed by atoms with E-state index < -0.39 is 0 Å². The number of nitrogens with zero attached hydrogens (tertiary/aromatic N) is 1. The summed E-state index contributed by atoms with van der Waals surface area (Å²) in [5, 5.41) is 2.37. The minimum Gasteiger partial charge on any atom is -0.330 e. The molecule has 0 atom stereocenters. The molecule has 2 aromatic carbocycles. The molecule has 84 valence electrons. The zero-order valence-corrected chi connectivity index (χ0v) is 9.56. The highest BCUT2D eigenvalue weighted by Crippen LogP contribution is 2.20. The predicted molar refractivity (Wildman–Crippen MR) is 72.0 cm³/mol. The van der Waals surface area contributed by atoms with E-state index in [9.17, 15) is 0 Å². The third-order valence-electron chi connectivity index (χ3n) is 3.02. The molecule has 0 fully saturated rings. The molecule has 2 N–H and O–H groups in total. The van der Waals surface area contributed by atoms with Gasteiger partial charge in [0.05, 0.1) is 11.0 Å². The van der Waals surface area contributed by atoms with E-state index >= 15 is 0 Å². The van der Waals surface area contributed by atoms with Gasteiger partial charge in [-0.15, -0.1) is 0 Å². The largest absolute Gasteiger partial charge is 0.330 e. The van der Waals surface area contributed by atoms with Crippen molar-refractivity contribution in [3.63, 3.8) is 0 Å². The molecule has 0 saturated carbocycles. The van der Waals surface area contributed by atoms with Crippen molar-refractivity contribution in [1.29, 1.82) is 0 Å². The molecule has 0 radical (unpaired) electrons. The first-order valence-electron chi connectivity index (χ1n) is 5.85. The SMILES string of the molecule is NCCc1ccc2cc3ccccc3nc2c1. The van der Waals surface area contributed by atoms with Gasteiger partial charge in [0.2, 0.25) is 0 Å². The molecule has 2 heteroatoms. The Hall–Kier alpha value is -1.93. The van der Waals surface area contributed by atoms with Crippen LogP contribution in [0.1, 0.15) is 5.56 Å². The highest BCUT2D eigenvalue weighted by atomic mass is 14.7. The van der Waals surface area contributed by atoms with Crippen LogP contribution in [0.25, 0.3) is 21.8 Å². The molecule has 3 aromatic rings. The summed E-state index contributed by atoms with van der Waals surface area (Å²) in [6.07, 6.45) is 0.907. The van der Waals surface area contributed by atoms with Gasteiger partial charge in [0.25, 0.3) is 0 Å². The molecular weight excluding hydrogens is 208 g/mol. The van der Waals surface area contributed by atoms with Gasteiger partial charge in [0.15, 0.2) is 0 Å². The molecule has 1 aromatic heterocycles. The van der Waals surface area contributed by atoms with Crippen LogP contribution in [0.2, 0.25) is 0 Å². The van der Waals surface area contributed by atoms with Gasteiger partial charge in [-0.1, -0.05) is 30.3 Å². The van der Waals surface area contributed by atoms with E-state index in [1.165, 1.54) is 16.3 Å². The van der Waals surface area contributed by atoms with Crippen molar-refractivity contribution in [2.24, 2.45) is 5.73 Å². The maximum absolute atomic E-state index is 5.57. The van der Waals surface area contributed by atoms with Crippen LogP contribution in [0.4, 0.5) is 0 Å². The summed E-state index contributed by atoms with van der Waals surface area (Å²) in [6, 6.07) is 16.8. The Kier molecular flexibility index (Phi) is 2.50. The van der Waals surface area contributed by atoms with Crippen molar-refractivity contribution < 1.29 is 0 Å². The molecule has 0 aliphatic carbocycles. The second-order valence-corrected chi connectivity index (χ2v) is 4.25. The summed E-state index contributed by atoms with van der Waals surface area (Å²) >= 11 is 0. The number of aromatic nitrogens is 1. The Morgan fingerprint density at radius 3 is 2.59 bits per heavy atom. The second-order valence-electron chi connectivity index (χ2n) is 4.25. The first-order chi connectivity index (χ1) is 8.36. The van der Waals surface area contributed by atoms with Crippen molar-refractivity contribution in [1.82, 2.24) is 4.98 Å². The third-order valence-corrected chi connectivity index (χ3v) is 3.02. The fraction of sp³-hybridized carbons (Fsp3) is 0.133. The smallest absolute Gasteiger partial charge is 0.0712 e. The first-order valence-corrected chi connectivity index (χ1v) is 5.85. The Morgan fingerprint density at radius 2 is 1.71 bits per heavy atom. The minimum atomic E-state index is 0.680. The van der Waals surface area contributed by atoms with E-state index in [1.54, 1.807) is 0 Å². The van der Waals surface area contributed by atoms with Crippen LogP contribution in [0.3, 0.4) is 0 Å². The van der Waals surface area contributed by atoms with E-state index in [-0.39, 0.29) is 0 Å². The number of para-hydroxylation sites is 1. The molecule has 0 unspecified atom stereocenters. The minimum absolute atomic E-state index is 0.680. The Bertz CT molecular complexity index is 674. The summed E-state index contributed by atoms with van der Waals surface area (Å²) < 4.78 is 0. The van der Waals surface area contributed by atoms with Crippen LogP contribution >= 0.6 is 0 Å². The maximum atomic E-state index is 5.57. The standard InChI is InChI=1S/C15H14N2/c16-8-7-11-5-6-13-10-12-3-1-2-4-14(12)17-15(13)9-11/h1-6,9-10H,7-8,16H2. The fourth-order valence-corrected chi connectivity index (χ4v) is 2.14. The van der Waals surface area contributed by atoms with Crippen LogP contribution in [0.5, 0.6) is 0 Å². The van der Waals surface area contributed by atoms with Gasteiger partial charge in [-0.25, -0.2) is 4.98 Å². The average molecular weight is 222 g/mol. The van der Waals surface area contributed by atoms with Gasteiger partial charge < -0.3 is 5.73 Å². The fourth-order valence-electron chi connectivity index (χ4n) is 2.14. The second kappa shape index (κ2) is 4.15. The summed E-state index contributed by atoms with van der Waals surface area (Å²) in [5.74, 6) is 0. The van der Waals surface area contributed by atoms with Crippen LogP contribution < -0.4 is 5.73 Å². The van der Waals surface area contributed by atoms with E-state index in [1.807, 2.05) is 18.2 Å². The van der Waals surface area contributed by atoms with Crippen molar-refractivity contribution in [2.75, 3.05) is 6.54 Å². The van der Waals surface area contributed by atoms with Gasteiger partial charge in [-0.2, -0.15) is 0 Å². The molecule has 0 spiro atoms. The molecule has 0 aliphatic rings. The lowest BCUT2D eigenvalue weighted by molar-refractivity contribution is 0.970. The normalized spacial score (nSPS) is 11.1. The molecule has 2 nitrogen and oxygen atoms in total. The molecule has 0 aliphatic heterocycles. The number of fused-ring (bicyclic) bond motifs is 2. The summed E-state index contributed by atoms with van der Waals surface area (Å²) in [5.41, 5.74) is 8.92. The van der Waals surface area contributed by atoms with Crippen LogP contribution in [-0.2, 0) is 6.42 Å². The van der Waals surface area contributed by atoms with Gasteiger partial charge in [0.1, 0.15) is 0 Å². The lowest BCUT2D eigenvalue weighted by atomic mass is 10.1. The Labute approximate surface area is 100 Å². The van der Waals surface area contributed by atoms with Gasteiger partial charge in [-0.3, -0.25) is 0 Å². The molecule has 17 heavy (non-hydrogen) atoms. The Morgan fingerprint density at radius 1 is 0.882 bits per heavy atom. The molecule has 0 saturated heterocycles. The van der Waals surface area contributed by atoms with Crippen molar-refractivity contribution in [2.45, 2.75) is 6.42 Å². The van der Waals surface area contributed by atoms with Crippen LogP contribution in [-0.4, -0.2) is 11.5 Å². The van der Waals surface area contributed by atoms with E-state index in [2.05, 4.69) is 35.3 Å². The Balaban J connectivity index is 2.25. The highest BCUT2D eigenvalue weighted by Gasteiger charge is 2.00. The number of hydrogen-bond acceptors (Lipinski definition) is 2. The number of nitrogens with two attached hydrogens (primary N) is 1. The summed E-state index contributed by atoms with van der Waals surface area (Å²) in [6.45, 7) is 0.680. The molecule has 3 rings (SSSR count). The van der Waals surface area contributed by atoms with Gasteiger partial charge in [0, 0.05) is 10.8 Å². The summed E-state index contributed by atoms with van der Waals surface area (Å²) in [7, 11) is 0.